The smallest absolute Gasteiger partial charge is 0.281 e. The third kappa shape index (κ3) is 4.46. The molecule has 8 nitrogen and oxygen atoms in total. The molecule has 3 heterocycles. The Bertz CT molecular complexity index is 763. The third-order valence-electron chi connectivity index (χ3n) is 3.51. The number of carbonyl (C=O) groups excluding carboxylic acids is 2. The summed E-state index contributed by atoms with van der Waals surface area (Å²) in [5, 5.41) is 0.787. The van der Waals surface area contributed by atoms with Crippen LogP contribution in [0.1, 0.15) is 21.1 Å². The van der Waals surface area contributed by atoms with Crippen LogP contribution in [0.25, 0.3) is 6.08 Å². The number of hydrogen-bond acceptors (Lipinski definition) is 7. The van der Waals surface area contributed by atoms with Gasteiger partial charge >= 0.3 is 0 Å². The first-order chi connectivity index (χ1) is 12.1. The van der Waals surface area contributed by atoms with Gasteiger partial charge in [-0.3, -0.25) is 20.4 Å². The number of hydrazine groups is 1. The number of carbonyl (C=O) groups is 2. The molecule has 132 valence electrons. The van der Waals surface area contributed by atoms with Gasteiger partial charge in [-0.15, -0.1) is 0 Å². The SMILES string of the molecule is Cc1nc(N2CCOCC2)sc1C(=O)NNC(=O)C=Cc1ccco1. The normalized spacial score (nSPS) is 14.7. The molecule has 0 atom stereocenters. The van der Waals surface area contributed by atoms with Crippen LogP contribution >= 0.6 is 11.3 Å². The van der Waals surface area contributed by atoms with Crippen molar-refractivity contribution in [1.82, 2.24) is 15.8 Å². The Kier molecular flexibility index (Phi) is 5.46. The van der Waals surface area contributed by atoms with Gasteiger partial charge in [-0.05, 0) is 25.1 Å². The molecule has 25 heavy (non-hydrogen) atoms. The van der Waals surface area contributed by atoms with Crippen LogP contribution in [0.4, 0.5) is 5.13 Å². The number of anilines is 1. The Balaban J connectivity index is 1.55. The average Bonchev–Trinajstić information content (AvgIpc) is 3.28. The molecule has 1 saturated heterocycles. The largest absolute Gasteiger partial charge is 0.465 e. The van der Waals surface area contributed by atoms with E-state index in [0.717, 1.165) is 18.2 Å². The van der Waals surface area contributed by atoms with Gasteiger partial charge in [0.25, 0.3) is 11.8 Å². The summed E-state index contributed by atoms with van der Waals surface area (Å²) in [4.78, 5) is 31.0. The van der Waals surface area contributed by atoms with Crippen molar-refractivity contribution in [2.45, 2.75) is 6.92 Å². The molecule has 0 aromatic carbocycles. The number of aryl methyl sites for hydroxylation is 1. The molecule has 0 radical (unpaired) electrons. The number of morpholine rings is 1. The molecule has 2 amide bonds. The van der Waals surface area contributed by atoms with E-state index in [1.165, 1.54) is 29.8 Å². The van der Waals surface area contributed by atoms with Gasteiger partial charge in [0.15, 0.2) is 5.13 Å². The molecule has 0 aliphatic carbocycles. The second kappa shape index (κ2) is 7.95. The van der Waals surface area contributed by atoms with Gasteiger partial charge < -0.3 is 14.1 Å². The van der Waals surface area contributed by atoms with E-state index in [-0.39, 0.29) is 0 Å². The molecule has 2 aromatic heterocycles. The lowest BCUT2D eigenvalue weighted by Gasteiger charge is -2.25. The maximum atomic E-state index is 12.3. The summed E-state index contributed by atoms with van der Waals surface area (Å²) in [6.07, 6.45) is 4.30. The van der Waals surface area contributed by atoms with Gasteiger partial charge in [0.2, 0.25) is 0 Å². The number of hydrogen-bond donors (Lipinski definition) is 2. The summed E-state index contributed by atoms with van der Waals surface area (Å²) < 4.78 is 10.4. The van der Waals surface area contributed by atoms with Crippen molar-refractivity contribution in [1.29, 1.82) is 0 Å². The summed E-state index contributed by atoms with van der Waals surface area (Å²) in [7, 11) is 0. The Hall–Kier alpha value is -2.65. The predicted octanol–water partition coefficient (Wildman–Crippen LogP) is 1.36. The molecular weight excluding hydrogens is 344 g/mol. The standard InChI is InChI=1S/C16H18N4O4S/c1-11-14(25-16(17-11)20-6-9-23-10-7-20)15(22)19-18-13(21)5-4-12-3-2-8-24-12/h2-5,8H,6-7,9-10H2,1H3,(H,18,21)(H,19,22). The fraction of sp³-hybridized carbons (Fsp3) is 0.312. The van der Waals surface area contributed by atoms with E-state index in [9.17, 15) is 9.59 Å². The number of aromatic nitrogens is 1. The number of amides is 2. The summed E-state index contributed by atoms with van der Waals surface area (Å²) in [6.45, 7) is 4.58. The Morgan fingerprint density at radius 2 is 2.12 bits per heavy atom. The van der Waals surface area contributed by atoms with E-state index in [4.69, 9.17) is 9.15 Å². The van der Waals surface area contributed by atoms with E-state index in [1.807, 2.05) is 0 Å². The highest BCUT2D eigenvalue weighted by atomic mass is 32.1. The maximum absolute atomic E-state index is 12.3. The molecule has 1 aliphatic rings. The maximum Gasteiger partial charge on any atom is 0.281 e. The number of nitrogens with one attached hydrogen (secondary N) is 2. The van der Waals surface area contributed by atoms with Crippen LogP contribution < -0.4 is 15.8 Å². The zero-order valence-corrected chi connectivity index (χ0v) is 14.5. The van der Waals surface area contributed by atoms with Crippen LogP contribution in [0.5, 0.6) is 0 Å². The van der Waals surface area contributed by atoms with Crippen LogP contribution in [0, 0.1) is 6.92 Å². The minimum Gasteiger partial charge on any atom is -0.465 e. The van der Waals surface area contributed by atoms with Crippen LogP contribution in [0.3, 0.4) is 0 Å². The molecule has 0 saturated carbocycles. The van der Waals surface area contributed by atoms with Crippen molar-refractivity contribution in [3.05, 3.63) is 40.8 Å². The van der Waals surface area contributed by atoms with E-state index in [0.29, 0.717) is 29.5 Å². The van der Waals surface area contributed by atoms with Crippen molar-refractivity contribution in [2.24, 2.45) is 0 Å². The quantitative estimate of drug-likeness (QED) is 0.630. The van der Waals surface area contributed by atoms with E-state index >= 15 is 0 Å². The lowest BCUT2D eigenvalue weighted by molar-refractivity contribution is -0.117. The van der Waals surface area contributed by atoms with Gasteiger partial charge in [-0.25, -0.2) is 4.98 Å². The fourth-order valence-corrected chi connectivity index (χ4v) is 3.26. The van der Waals surface area contributed by atoms with Gasteiger partial charge in [0.05, 0.1) is 25.2 Å². The first-order valence-electron chi connectivity index (χ1n) is 7.75. The second-order valence-electron chi connectivity index (χ2n) is 5.30. The van der Waals surface area contributed by atoms with Crippen LogP contribution in [-0.2, 0) is 9.53 Å². The second-order valence-corrected chi connectivity index (χ2v) is 6.28. The Labute approximate surface area is 148 Å². The highest BCUT2D eigenvalue weighted by molar-refractivity contribution is 7.17. The molecule has 2 aromatic rings. The minimum atomic E-state index is -0.458. The van der Waals surface area contributed by atoms with Gasteiger partial charge in [-0.2, -0.15) is 0 Å². The first kappa shape index (κ1) is 17.2. The lowest BCUT2D eigenvalue weighted by atomic mass is 10.4. The molecule has 0 unspecified atom stereocenters. The molecular formula is C16H18N4O4S. The number of thiazole rings is 1. The number of rotatable bonds is 4. The Morgan fingerprint density at radius 3 is 2.84 bits per heavy atom. The van der Waals surface area contributed by atoms with Crippen molar-refractivity contribution in [3.8, 4) is 0 Å². The van der Waals surface area contributed by atoms with Gasteiger partial charge in [0.1, 0.15) is 10.6 Å². The summed E-state index contributed by atoms with van der Waals surface area (Å²) >= 11 is 1.30. The first-order valence-corrected chi connectivity index (χ1v) is 8.57. The number of ether oxygens (including phenoxy) is 1. The molecule has 9 heteroatoms. The van der Waals surface area contributed by atoms with E-state index < -0.39 is 11.8 Å². The zero-order valence-electron chi connectivity index (χ0n) is 13.7. The van der Waals surface area contributed by atoms with Gasteiger partial charge in [-0.1, -0.05) is 11.3 Å². The summed E-state index contributed by atoms with van der Waals surface area (Å²) in [5.74, 6) is -0.301. The number of nitrogens with zero attached hydrogens (tertiary/aromatic N) is 2. The average molecular weight is 362 g/mol. The fourth-order valence-electron chi connectivity index (χ4n) is 2.24. The van der Waals surface area contributed by atoms with Crippen molar-refractivity contribution in [2.75, 3.05) is 31.2 Å². The van der Waals surface area contributed by atoms with Crippen LogP contribution in [-0.4, -0.2) is 43.1 Å². The molecule has 2 N–H and O–H groups in total. The molecule has 1 aliphatic heterocycles. The Morgan fingerprint density at radius 1 is 1.32 bits per heavy atom. The molecule has 1 fully saturated rings. The van der Waals surface area contributed by atoms with E-state index in [2.05, 4.69) is 20.7 Å². The molecule has 0 spiro atoms. The summed E-state index contributed by atoms with van der Waals surface area (Å²) in [6, 6.07) is 3.44. The monoisotopic (exact) mass is 362 g/mol. The summed E-state index contributed by atoms with van der Waals surface area (Å²) in [5.41, 5.74) is 5.36. The van der Waals surface area contributed by atoms with Crippen LogP contribution in [0.15, 0.2) is 28.9 Å². The van der Waals surface area contributed by atoms with Crippen molar-refractivity contribution in [3.63, 3.8) is 0 Å². The molecule has 3 rings (SSSR count). The van der Waals surface area contributed by atoms with Crippen molar-refractivity contribution >= 4 is 34.4 Å². The molecule has 0 bridgehead atoms. The topological polar surface area (TPSA) is 96.7 Å². The number of furan rings is 1. The van der Waals surface area contributed by atoms with E-state index in [1.54, 1.807) is 19.1 Å². The minimum absolute atomic E-state index is 0.394. The van der Waals surface area contributed by atoms with Crippen molar-refractivity contribution < 1.29 is 18.7 Å². The predicted molar refractivity (Wildman–Crippen MR) is 93.2 cm³/mol. The van der Waals surface area contributed by atoms with Crippen LogP contribution in [0.2, 0.25) is 0 Å². The lowest BCUT2D eigenvalue weighted by Crippen LogP contribution is -2.40. The highest BCUT2D eigenvalue weighted by Crippen LogP contribution is 2.26. The highest BCUT2D eigenvalue weighted by Gasteiger charge is 2.20. The zero-order chi connectivity index (χ0) is 17.6. The van der Waals surface area contributed by atoms with Gasteiger partial charge in [0, 0.05) is 19.2 Å². The third-order valence-corrected chi connectivity index (χ3v) is 4.73.